The van der Waals surface area contributed by atoms with Gasteiger partial charge >= 0.3 is 0 Å². The van der Waals surface area contributed by atoms with Crippen LogP contribution in [0.1, 0.15) is 23.3 Å². The number of nitrogens with one attached hydrogen (secondary N) is 1. The van der Waals surface area contributed by atoms with Crippen LogP contribution in [0.25, 0.3) is 11.3 Å². The minimum Gasteiger partial charge on any atom is -0.346 e. The van der Waals surface area contributed by atoms with Gasteiger partial charge in [0.25, 0.3) is 5.91 Å². The lowest BCUT2D eigenvalue weighted by Gasteiger charge is -2.44. The molecule has 1 amide bonds. The summed E-state index contributed by atoms with van der Waals surface area (Å²) in [7, 11) is 1.83. The number of carbonyl (C=O) groups is 1. The molecule has 5 nitrogen and oxygen atoms in total. The monoisotopic (exact) mass is 310 g/mol. The summed E-state index contributed by atoms with van der Waals surface area (Å²) in [6.07, 6.45) is 2.40. The molecule has 1 aromatic carbocycles. The van der Waals surface area contributed by atoms with Gasteiger partial charge in [-0.3, -0.25) is 9.48 Å². The second-order valence-corrected chi connectivity index (χ2v) is 6.62. The van der Waals surface area contributed by atoms with Gasteiger partial charge in [-0.1, -0.05) is 30.3 Å². The van der Waals surface area contributed by atoms with E-state index in [1.165, 1.54) is 25.9 Å². The van der Waals surface area contributed by atoms with E-state index in [-0.39, 0.29) is 11.9 Å². The second-order valence-electron chi connectivity index (χ2n) is 6.62. The summed E-state index contributed by atoms with van der Waals surface area (Å²) < 4.78 is 1.68. The Bertz CT molecular complexity index is 701. The smallest absolute Gasteiger partial charge is 0.269 e. The van der Waals surface area contributed by atoms with E-state index in [0.29, 0.717) is 11.6 Å². The Balaban J connectivity index is 1.52. The quantitative estimate of drug-likeness (QED) is 0.942. The van der Waals surface area contributed by atoms with Crippen LogP contribution in [0.3, 0.4) is 0 Å². The first-order valence-electron chi connectivity index (χ1n) is 8.33. The highest BCUT2D eigenvalue weighted by Crippen LogP contribution is 2.27. The highest BCUT2D eigenvalue weighted by molar-refractivity contribution is 5.94. The lowest BCUT2D eigenvalue weighted by Crippen LogP contribution is -2.57. The van der Waals surface area contributed by atoms with Crippen LogP contribution in [-0.2, 0) is 7.05 Å². The normalized spacial score (nSPS) is 26.2. The van der Waals surface area contributed by atoms with Gasteiger partial charge in [0.2, 0.25) is 0 Å². The average molecular weight is 310 g/mol. The molecule has 3 aliphatic rings. The number of amides is 1. The van der Waals surface area contributed by atoms with Crippen molar-refractivity contribution < 1.29 is 4.79 Å². The molecule has 5 heteroatoms. The first-order valence-corrected chi connectivity index (χ1v) is 8.33. The zero-order valence-electron chi connectivity index (χ0n) is 13.4. The fourth-order valence-corrected chi connectivity index (χ4v) is 3.80. The summed E-state index contributed by atoms with van der Waals surface area (Å²) in [5, 5.41) is 7.72. The number of aromatic nitrogens is 2. The molecule has 0 aliphatic carbocycles. The molecule has 3 saturated heterocycles. The van der Waals surface area contributed by atoms with Gasteiger partial charge in [0.05, 0.1) is 5.69 Å². The Morgan fingerprint density at radius 1 is 1.22 bits per heavy atom. The first-order chi connectivity index (χ1) is 11.2. The molecule has 2 bridgehead atoms. The van der Waals surface area contributed by atoms with Crippen LogP contribution < -0.4 is 5.32 Å². The number of piperidine rings is 3. The van der Waals surface area contributed by atoms with Crippen LogP contribution in [0.2, 0.25) is 0 Å². The minimum absolute atomic E-state index is 0.0130. The number of rotatable bonds is 3. The Morgan fingerprint density at radius 3 is 2.61 bits per heavy atom. The standard InChI is InChI=1S/C18H22N4O/c1-21-17(11-15(20-21)13-5-3-2-4-6-13)18(23)19-16-12-22-9-7-14(16)8-10-22/h2-6,11,14,16H,7-10,12H2,1H3,(H,19,23). The molecule has 1 unspecified atom stereocenters. The lowest BCUT2D eigenvalue weighted by molar-refractivity contribution is 0.0615. The molecule has 1 aromatic heterocycles. The predicted molar refractivity (Wildman–Crippen MR) is 89.1 cm³/mol. The van der Waals surface area contributed by atoms with Crippen LogP contribution in [0.5, 0.6) is 0 Å². The van der Waals surface area contributed by atoms with E-state index >= 15 is 0 Å². The van der Waals surface area contributed by atoms with Gasteiger partial charge in [0, 0.05) is 25.2 Å². The van der Waals surface area contributed by atoms with Gasteiger partial charge in [0.1, 0.15) is 5.69 Å². The molecule has 3 fully saturated rings. The van der Waals surface area contributed by atoms with E-state index in [0.717, 1.165) is 17.8 Å². The van der Waals surface area contributed by atoms with E-state index in [1.54, 1.807) is 4.68 Å². The SMILES string of the molecule is Cn1nc(-c2ccccc2)cc1C(=O)NC1CN2CCC1CC2. The van der Waals surface area contributed by atoms with Crippen LogP contribution in [0.4, 0.5) is 0 Å². The molecule has 0 saturated carbocycles. The summed E-state index contributed by atoms with van der Waals surface area (Å²) in [6.45, 7) is 3.35. The molecule has 120 valence electrons. The zero-order valence-corrected chi connectivity index (χ0v) is 13.4. The number of hydrogen-bond acceptors (Lipinski definition) is 3. The van der Waals surface area contributed by atoms with Gasteiger partial charge in [-0.05, 0) is 37.9 Å². The summed E-state index contributed by atoms with van der Waals surface area (Å²) >= 11 is 0. The van der Waals surface area contributed by atoms with Crippen LogP contribution in [0.15, 0.2) is 36.4 Å². The largest absolute Gasteiger partial charge is 0.346 e. The number of hydrogen-bond donors (Lipinski definition) is 1. The Kier molecular flexibility index (Phi) is 3.65. The van der Waals surface area contributed by atoms with E-state index in [2.05, 4.69) is 15.3 Å². The minimum atomic E-state index is -0.0130. The molecule has 5 rings (SSSR count). The van der Waals surface area contributed by atoms with Crippen LogP contribution in [-0.4, -0.2) is 46.3 Å². The Hall–Kier alpha value is -2.14. The molecule has 2 aromatic rings. The summed E-state index contributed by atoms with van der Waals surface area (Å²) in [6, 6.07) is 12.1. The maximum atomic E-state index is 12.7. The summed E-state index contributed by atoms with van der Waals surface area (Å²) in [4.78, 5) is 15.1. The van der Waals surface area contributed by atoms with Crippen LogP contribution in [0, 0.1) is 5.92 Å². The van der Waals surface area contributed by atoms with Gasteiger partial charge in [0.15, 0.2) is 0 Å². The fourth-order valence-electron chi connectivity index (χ4n) is 3.80. The molecule has 23 heavy (non-hydrogen) atoms. The molecule has 0 spiro atoms. The van der Waals surface area contributed by atoms with Crippen LogP contribution >= 0.6 is 0 Å². The Labute approximate surface area is 136 Å². The number of aryl methyl sites for hydroxylation is 1. The third-order valence-corrected chi connectivity index (χ3v) is 5.15. The topological polar surface area (TPSA) is 50.2 Å². The predicted octanol–water partition coefficient (Wildman–Crippen LogP) is 1.91. The van der Waals surface area contributed by atoms with Crippen molar-refractivity contribution in [1.82, 2.24) is 20.0 Å². The first kappa shape index (κ1) is 14.5. The number of carbonyl (C=O) groups excluding carboxylic acids is 1. The number of benzene rings is 1. The van der Waals surface area contributed by atoms with Crippen molar-refractivity contribution >= 4 is 5.91 Å². The second kappa shape index (κ2) is 5.81. The maximum absolute atomic E-state index is 12.7. The third-order valence-electron chi connectivity index (χ3n) is 5.15. The summed E-state index contributed by atoms with van der Waals surface area (Å²) in [5.74, 6) is 0.617. The zero-order chi connectivity index (χ0) is 15.8. The molecule has 4 heterocycles. The highest BCUT2D eigenvalue weighted by atomic mass is 16.2. The van der Waals surface area contributed by atoms with Crippen molar-refractivity contribution in [1.29, 1.82) is 0 Å². The molecular formula is C18H22N4O. The van der Waals surface area contributed by atoms with Crippen molar-refractivity contribution in [2.75, 3.05) is 19.6 Å². The molecule has 0 radical (unpaired) electrons. The van der Waals surface area contributed by atoms with E-state index in [9.17, 15) is 4.79 Å². The maximum Gasteiger partial charge on any atom is 0.269 e. The van der Waals surface area contributed by atoms with Crippen molar-refractivity contribution in [3.63, 3.8) is 0 Å². The molecule has 1 N–H and O–H groups in total. The number of fused-ring (bicyclic) bond motifs is 3. The lowest BCUT2D eigenvalue weighted by atomic mass is 9.84. The third kappa shape index (κ3) is 2.77. The average Bonchev–Trinajstić information content (AvgIpc) is 2.99. The number of nitrogens with zero attached hydrogens (tertiary/aromatic N) is 3. The van der Waals surface area contributed by atoms with Gasteiger partial charge < -0.3 is 10.2 Å². The summed E-state index contributed by atoms with van der Waals surface area (Å²) in [5.41, 5.74) is 2.50. The van der Waals surface area contributed by atoms with Gasteiger partial charge in [-0.2, -0.15) is 5.10 Å². The van der Waals surface area contributed by atoms with Crippen molar-refractivity contribution in [2.45, 2.75) is 18.9 Å². The fraction of sp³-hybridized carbons (Fsp3) is 0.444. The van der Waals surface area contributed by atoms with Gasteiger partial charge in [-0.15, -0.1) is 0 Å². The molecular weight excluding hydrogens is 288 g/mol. The van der Waals surface area contributed by atoms with Crippen molar-refractivity contribution in [3.05, 3.63) is 42.1 Å². The van der Waals surface area contributed by atoms with E-state index in [4.69, 9.17) is 0 Å². The van der Waals surface area contributed by atoms with Crippen molar-refractivity contribution in [3.8, 4) is 11.3 Å². The molecule has 3 aliphatic heterocycles. The van der Waals surface area contributed by atoms with E-state index < -0.39 is 0 Å². The van der Waals surface area contributed by atoms with Gasteiger partial charge in [-0.25, -0.2) is 0 Å². The van der Waals surface area contributed by atoms with E-state index in [1.807, 2.05) is 43.4 Å². The van der Waals surface area contributed by atoms with Crippen molar-refractivity contribution in [2.24, 2.45) is 13.0 Å². The Morgan fingerprint density at radius 2 is 1.96 bits per heavy atom. The molecule has 1 atom stereocenters. The highest BCUT2D eigenvalue weighted by Gasteiger charge is 2.35.